The third-order valence-corrected chi connectivity index (χ3v) is 5.71. The molecule has 0 atom stereocenters. The first-order valence-corrected chi connectivity index (χ1v) is 9.66. The number of methoxy groups -OCH3 is 1. The van der Waals surface area contributed by atoms with Gasteiger partial charge in [-0.2, -0.15) is 0 Å². The number of ketones is 1. The lowest BCUT2D eigenvalue weighted by atomic mass is 10.0. The van der Waals surface area contributed by atoms with E-state index in [4.69, 9.17) is 16.3 Å². The summed E-state index contributed by atoms with van der Waals surface area (Å²) in [7, 11) is 1.57. The first-order valence-electron chi connectivity index (χ1n) is 8.46. The predicted octanol–water partition coefficient (Wildman–Crippen LogP) is 6.05. The number of hydrogen-bond acceptors (Lipinski definition) is 4. The average Bonchev–Trinajstić information content (AvgIpc) is 3.11. The van der Waals surface area contributed by atoms with Gasteiger partial charge in [-0.25, -0.2) is 4.98 Å². The van der Waals surface area contributed by atoms with E-state index in [1.54, 1.807) is 30.6 Å². The van der Waals surface area contributed by atoms with Crippen molar-refractivity contribution in [3.05, 3.63) is 82.9 Å². The Morgan fingerprint density at radius 1 is 1.07 bits per heavy atom. The van der Waals surface area contributed by atoms with Gasteiger partial charge in [0.1, 0.15) is 10.8 Å². The van der Waals surface area contributed by atoms with Gasteiger partial charge in [0.25, 0.3) is 0 Å². The van der Waals surface area contributed by atoms with Gasteiger partial charge in [0, 0.05) is 12.0 Å². The maximum Gasteiger partial charge on any atom is 0.170 e. The molecular formula is C22H16ClNO2S. The fourth-order valence-corrected chi connectivity index (χ4v) is 4.34. The van der Waals surface area contributed by atoms with Gasteiger partial charge in [-0.05, 0) is 35.9 Å². The first kappa shape index (κ1) is 17.7. The van der Waals surface area contributed by atoms with Crippen molar-refractivity contribution in [3.8, 4) is 16.3 Å². The number of carbonyl (C=O) groups excluding carboxylic acids is 1. The number of rotatable bonds is 5. The Kier molecular flexibility index (Phi) is 4.92. The number of hydrogen-bond donors (Lipinski definition) is 0. The van der Waals surface area contributed by atoms with Crippen LogP contribution in [0.3, 0.4) is 0 Å². The molecule has 4 rings (SSSR count). The molecule has 0 bridgehead atoms. The maximum absolute atomic E-state index is 12.6. The Hall–Kier alpha value is -2.69. The monoisotopic (exact) mass is 393 g/mol. The molecule has 3 aromatic carbocycles. The highest BCUT2D eigenvalue weighted by Gasteiger charge is 2.15. The number of benzene rings is 3. The normalized spacial score (nSPS) is 10.9. The SMILES string of the molecule is COc1ccccc1C(=O)Cc1ccc(-c2nc3ccccc3s2)c(Cl)c1. The molecule has 3 nitrogen and oxygen atoms in total. The second kappa shape index (κ2) is 7.51. The second-order valence-electron chi connectivity index (χ2n) is 6.10. The van der Waals surface area contributed by atoms with Crippen LogP contribution in [0.25, 0.3) is 20.8 Å². The van der Waals surface area contributed by atoms with E-state index in [1.807, 2.05) is 54.6 Å². The topological polar surface area (TPSA) is 39.2 Å². The number of nitrogens with zero attached hydrogens (tertiary/aromatic N) is 1. The Morgan fingerprint density at radius 2 is 1.85 bits per heavy atom. The van der Waals surface area contributed by atoms with Crippen molar-refractivity contribution < 1.29 is 9.53 Å². The van der Waals surface area contributed by atoms with Crippen LogP contribution in [0, 0.1) is 0 Å². The lowest BCUT2D eigenvalue weighted by Gasteiger charge is -2.08. The first-order chi connectivity index (χ1) is 13.2. The van der Waals surface area contributed by atoms with Crippen molar-refractivity contribution in [2.75, 3.05) is 7.11 Å². The highest BCUT2D eigenvalue weighted by atomic mass is 35.5. The van der Waals surface area contributed by atoms with Crippen LogP contribution in [0.5, 0.6) is 5.75 Å². The third kappa shape index (κ3) is 3.59. The van der Waals surface area contributed by atoms with E-state index >= 15 is 0 Å². The third-order valence-electron chi connectivity index (χ3n) is 4.33. The number of Topliss-reactive ketones (excluding diaryl/α,β-unsaturated/α-hetero) is 1. The van der Waals surface area contributed by atoms with Crippen LogP contribution in [0.1, 0.15) is 15.9 Å². The van der Waals surface area contributed by atoms with Crippen molar-refractivity contribution in [3.63, 3.8) is 0 Å². The van der Waals surface area contributed by atoms with Crippen LogP contribution in [-0.4, -0.2) is 17.9 Å². The fourth-order valence-electron chi connectivity index (χ4n) is 2.99. The highest BCUT2D eigenvalue weighted by Crippen LogP contribution is 2.35. The van der Waals surface area contributed by atoms with Gasteiger partial charge in [0.15, 0.2) is 5.78 Å². The molecule has 1 aromatic heterocycles. The van der Waals surface area contributed by atoms with Crippen LogP contribution in [0.2, 0.25) is 5.02 Å². The van der Waals surface area contributed by atoms with Gasteiger partial charge in [0.2, 0.25) is 0 Å². The molecule has 0 spiro atoms. The minimum Gasteiger partial charge on any atom is -0.496 e. The zero-order valence-electron chi connectivity index (χ0n) is 14.6. The van der Waals surface area contributed by atoms with Crippen LogP contribution < -0.4 is 4.74 Å². The summed E-state index contributed by atoms with van der Waals surface area (Å²) in [5, 5.41) is 1.48. The van der Waals surface area contributed by atoms with Crippen molar-refractivity contribution in [1.29, 1.82) is 0 Å². The van der Waals surface area contributed by atoms with Crippen LogP contribution >= 0.6 is 22.9 Å². The number of thiazole rings is 1. The van der Waals surface area contributed by atoms with E-state index in [-0.39, 0.29) is 12.2 Å². The number of carbonyl (C=O) groups is 1. The van der Waals surface area contributed by atoms with Crippen molar-refractivity contribution in [2.45, 2.75) is 6.42 Å². The molecule has 0 saturated carbocycles. The summed E-state index contributed by atoms with van der Waals surface area (Å²) in [6.07, 6.45) is 0.264. The standard InChI is InChI=1S/C22H16ClNO2S/c1-26-20-8-4-2-6-16(20)19(25)13-14-10-11-15(17(23)12-14)22-24-18-7-3-5-9-21(18)27-22/h2-12H,13H2,1H3. The molecule has 1 heterocycles. The molecule has 27 heavy (non-hydrogen) atoms. The number of aromatic nitrogens is 1. The largest absolute Gasteiger partial charge is 0.496 e. The molecule has 0 aliphatic carbocycles. The van der Waals surface area contributed by atoms with E-state index in [2.05, 4.69) is 4.98 Å². The Bertz CT molecular complexity index is 1100. The van der Waals surface area contributed by atoms with Gasteiger partial charge in [-0.15, -0.1) is 11.3 Å². The lowest BCUT2D eigenvalue weighted by molar-refractivity contribution is 0.0990. The van der Waals surface area contributed by atoms with Crippen molar-refractivity contribution in [1.82, 2.24) is 4.98 Å². The molecule has 0 amide bonds. The average molecular weight is 394 g/mol. The summed E-state index contributed by atoms with van der Waals surface area (Å²) in [6, 6.07) is 21.0. The summed E-state index contributed by atoms with van der Waals surface area (Å²) in [6.45, 7) is 0. The number of fused-ring (bicyclic) bond motifs is 1. The molecule has 0 fully saturated rings. The summed E-state index contributed by atoms with van der Waals surface area (Å²) >= 11 is 8.12. The van der Waals surface area contributed by atoms with E-state index in [0.717, 1.165) is 26.4 Å². The van der Waals surface area contributed by atoms with E-state index in [1.165, 1.54) is 0 Å². The molecule has 4 aromatic rings. The second-order valence-corrected chi connectivity index (χ2v) is 7.54. The molecule has 0 unspecified atom stereocenters. The molecule has 5 heteroatoms. The highest BCUT2D eigenvalue weighted by molar-refractivity contribution is 7.21. The smallest absolute Gasteiger partial charge is 0.170 e. The van der Waals surface area contributed by atoms with Crippen molar-refractivity contribution in [2.24, 2.45) is 0 Å². The van der Waals surface area contributed by atoms with Crippen LogP contribution in [0.15, 0.2) is 66.7 Å². The summed E-state index contributed by atoms with van der Waals surface area (Å²) in [5.74, 6) is 0.580. The zero-order chi connectivity index (χ0) is 18.8. The maximum atomic E-state index is 12.6. The Balaban J connectivity index is 1.61. The van der Waals surface area contributed by atoms with Gasteiger partial charge >= 0.3 is 0 Å². The molecule has 0 radical (unpaired) electrons. The minimum absolute atomic E-state index is 0.00347. The zero-order valence-corrected chi connectivity index (χ0v) is 16.2. The molecule has 0 aliphatic rings. The summed E-state index contributed by atoms with van der Waals surface area (Å²) in [5.41, 5.74) is 3.28. The molecule has 0 saturated heterocycles. The number of halogens is 1. The Morgan fingerprint density at radius 3 is 2.63 bits per heavy atom. The van der Waals surface area contributed by atoms with E-state index in [9.17, 15) is 4.79 Å². The van der Waals surface area contributed by atoms with Gasteiger partial charge in [-0.1, -0.05) is 48.0 Å². The minimum atomic E-state index is -0.00347. The lowest BCUT2D eigenvalue weighted by Crippen LogP contribution is -2.05. The van der Waals surface area contributed by atoms with Gasteiger partial charge in [-0.3, -0.25) is 4.79 Å². The number of ether oxygens (including phenoxy) is 1. The van der Waals surface area contributed by atoms with Crippen LogP contribution in [0.4, 0.5) is 0 Å². The molecular weight excluding hydrogens is 378 g/mol. The van der Waals surface area contributed by atoms with Crippen molar-refractivity contribution >= 4 is 38.9 Å². The molecule has 134 valence electrons. The summed E-state index contributed by atoms with van der Waals surface area (Å²) in [4.78, 5) is 17.3. The fraction of sp³-hybridized carbons (Fsp3) is 0.0909. The molecule has 0 aliphatic heterocycles. The quantitative estimate of drug-likeness (QED) is 0.387. The van der Waals surface area contributed by atoms with Gasteiger partial charge < -0.3 is 4.74 Å². The van der Waals surface area contributed by atoms with Crippen LogP contribution in [-0.2, 0) is 6.42 Å². The Labute approximate surface area is 166 Å². The summed E-state index contributed by atoms with van der Waals surface area (Å²) < 4.78 is 6.40. The predicted molar refractivity (Wildman–Crippen MR) is 111 cm³/mol. The van der Waals surface area contributed by atoms with E-state index < -0.39 is 0 Å². The number of para-hydroxylation sites is 2. The molecule has 0 N–H and O–H groups in total. The van der Waals surface area contributed by atoms with E-state index in [0.29, 0.717) is 16.3 Å². The van der Waals surface area contributed by atoms with Gasteiger partial charge in [0.05, 0.1) is 27.9 Å².